The second-order valence-electron chi connectivity index (χ2n) is 8.87. The van der Waals surface area contributed by atoms with E-state index in [2.05, 4.69) is 0 Å². The topological polar surface area (TPSA) is 185 Å². The van der Waals surface area contributed by atoms with Crippen LogP contribution in [0.3, 0.4) is 0 Å². The molecule has 0 radical (unpaired) electrons. The van der Waals surface area contributed by atoms with Gasteiger partial charge in [-0.25, -0.2) is 4.79 Å². The van der Waals surface area contributed by atoms with Crippen molar-refractivity contribution >= 4 is 5.97 Å². The van der Waals surface area contributed by atoms with Crippen molar-refractivity contribution in [3.8, 4) is 5.75 Å². The van der Waals surface area contributed by atoms with Crippen LogP contribution < -0.4 is 4.74 Å². The van der Waals surface area contributed by atoms with Gasteiger partial charge in [0.2, 0.25) is 6.29 Å². The molecule has 202 valence electrons. The molecule has 2 aliphatic heterocycles. The van der Waals surface area contributed by atoms with Gasteiger partial charge in [0.25, 0.3) is 0 Å². The van der Waals surface area contributed by atoms with E-state index in [0.29, 0.717) is 0 Å². The SMILES string of the molecule is O=C(OCc1ccccc1)c1ccccc1OC1OC(CO)C(O)C(O)C1OC1OCC(O)(CO)C1O. The van der Waals surface area contributed by atoms with Gasteiger partial charge in [0.05, 0.1) is 19.8 Å². The summed E-state index contributed by atoms with van der Waals surface area (Å²) in [5.41, 5.74) is -1.18. The van der Waals surface area contributed by atoms with Gasteiger partial charge in [-0.2, -0.15) is 0 Å². The highest BCUT2D eigenvalue weighted by Crippen LogP contribution is 2.32. The second kappa shape index (κ2) is 11.8. The standard InChI is InChI=1S/C25H30O12/c26-10-17-18(28)19(29)20(37-24-21(30)25(32,12-27)13-34-24)23(36-17)35-16-9-5-4-8-15(16)22(31)33-11-14-6-2-1-3-7-14/h1-9,17-21,23-24,26-30,32H,10-13H2. The van der Waals surface area contributed by atoms with Crippen molar-refractivity contribution in [1.82, 2.24) is 0 Å². The predicted octanol–water partition coefficient (Wildman–Crippen LogP) is -1.31. The Kier molecular flexibility index (Phi) is 8.75. The number of esters is 1. The summed E-state index contributed by atoms with van der Waals surface area (Å²) in [7, 11) is 0. The fraction of sp³-hybridized carbons (Fsp3) is 0.480. The highest BCUT2D eigenvalue weighted by molar-refractivity contribution is 5.92. The van der Waals surface area contributed by atoms with Crippen molar-refractivity contribution < 1.29 is 59.1 Å². The molecular weight excluding hydrogens is 492 g/mol. The molecule has 0 amide bonds. The smallest absolute Gasteiger partial charge is 0.342 e. The Labute approximate surface area is 212 Å². The summed E-state index contributed by atoms with van der Waals surface area (Å²) in [4.78, 5) is 12.8. The summed E-state index contributed by atoms with van der Waals surface area (Å²) in [6.45, 7) is -1.92. The number of aliphatic hydroxyl groups excluding tert-OH is 5. The van der Waals surface area contributed by atoms with Gasteiger partial charge in [-0.3, -0.25) is 0 Å². The molecule has 8 unspecified atom stereocenters. The summed E-state index contributed by atoms with van der Waals surface area (Å²) in [6, 6.07) is 15.1. The zero-order valence-electron chi connectivity index (χ0n) is 19.7. The fourth-order valence-corrected chi connectivity index (χ4v) is 4.02. The molecule has 4 rings (SSSR count). The van der Waals surface area contributed by atoms with E-state index in [1.54, 1.807) is 24.3 Å². The third kappa shape index (κ3) is 5.93. The minimum Gasteiger partial charge on any atom is -0.461 e. The maximum atomic E-state index is 12.8. The Morgan fingerprint density at radius 1 is 0.973 bits per heavy atom. The van der Waals surface area contributed by atoms with E-state index < -0.39 is 74.5 Å². The molecule has 2 aromatic carbocycles. The molecule has 12 nitrogen and oxygen atoms in total. The van der Waals surface area contributed by atoms with Crippen molar-refractivity contribution in [3.05, 3.63) is 65.7 Å². The predicted molar refractivity (Wildman–Crippen MR) is 123 cm³/mol. The lowest BCUT2D eigenvalue weighted by Crippen LogP contribution is -2.62. The van der Waals surface area contributed by atoms with Crippen LogP contribution in [0, 0.1) is 0 Å². The number of carbonyl (C=O) groups excluding carboxylic acids is 1. The largest absolute Gasteiger partial charge is 0.461 e. The van der Waals surface area contributed by atoms with Gasteiger partial charge in [0.1, 0.15) is 47.9 Å². The Hall–Kier alpha value is -2.65. The molecule has 2 heterocycles. The van der Waals surface area contributed by atoms with Crippen molar-refractivity contribution in [2.24, 2.45) is 0 Å². The Morgan fingerprint density at radius 3 is 2.35 bits per heavy atom. The maximum absolute atomic E-state index is 12.8. The summed E-state index contributed by atoms with van der Waals surface area (Å²) >= 11 is 0. The fourth-order valence-electron chi connectivity index (χ4n) is 4.02. The third-order valence-electron chi connectivity index (χ3n) is 6.26. The molecular formula is C25H30O12. The number of aliphatic hydroxyl groups is 6. The van der Waals surface area contributed by atoms with Gasteiger partial charge in [0, 0.05) is 0 Å². The van der Waals surface area contributed by atoms with Crippen LogP contribution in [0.15, 0.2) is 54.6 Å². The van der Waals surface area contributed by atoms with Crippen LogP contribution in [0.1, 0.15) is 15.9 Å². The van der Waals surface area contributed by atoms with E-state index >= 15 is 0 Å². The van der Waals surface area contributed by atoms with E-state index in [1.165, 1.54) is 12.1 Å². The Bertz CT molecular complexity index is 1040. The number of para-hydroxylation sites is 1. The lowest BCUT2D eigenvalue weighted by molar-refractivity contribution is -0.319. The number of hydrogen-bond donors (Lipinski definition) is 6. The highest BCUT2D eigenvalue weighted by Gasteiger charge is 2.53. The first-order valence-electron chi connectivity index (χ1n) is 11.6. The molecule has 6 N–H and O–H groups in total. The second-order valence-corrected chi connectivity index (χ2v) is 8.87. The van der Waals surface area contributed by atoms with Gasteiger partial charge < -0.3 is 54.3 Å². The van der Waals surface area contributed by atoms with Crippen molar-refractivity contribution in [3.63, 3.8) is 0 Å². The number of ether oxygens (including phenoxy) is 5. The molecule has 0 bridgehead atoms. The van der Waals surface area contributed by atoms with Crippen LogP contribution in [0.25, 0.3) is 0 Å². The molecule has 37 heavy (non-hydrogen) atoms. The van der Waals surface area contributed by atoms with Crippen LogP contribution in [0.2, 0.25) is 0 Å². The van der Waals surface area contributed by atoms with Gasteiger partial charge in [0.15, 0.2) is 12.4 Å². The molecule has 0 aliphatic carbocycles. The summed E-state index contributed by atoms with van der Waals surface area (Å²) in [5, 5.41) is 60.6. The zero-order valence-corrected chi connectivity index (χ0v) is 19.7. The average Bonchev–Trinajstić information content (AvgIpc) is 3.21. The van der Waals surface area contributed by atoms with Crippen LogP contribution in [0.4, 0.5) is 0 Å². The van der Waals surface area contributed by atoms with Gasteiger partial charge >= 0.3 is 5.97 Å². The molecule has 12 heteroatoms. The molecule has 2 aromatic rings. The van der Waals surface area contributed by atoms with Gasteiger partial charge in [-0.05, 0) is 17.7 Å². The quantitative estimate of drug-likeness (QED) is 0.214. The number of rotatable bonds is 9. The molecule has 0 spiro atoms. The minimum absolute atomic E-state index is 0.000747. The molecule has 2 saturated heterocycles. The van der Waals surface area contributed by atoms with Crippen molar-refractivity contribution in [1.29, 1.82) is 0 Å². The van der Waals surface area contributed by atoms with Crippen LogP contribution in [0.5, 0.6) is 5.75 Å². The van der Waals surface area contributed by atoms with E-state index in [1.807, 2.05) is 18.2 Å². The normalized spacial score (nSPS) is 33.7. The Morgan fingerprint density at radius 2 is 1.68 bits per heavy atom. The number of carbonyl (C=O) groups is 1. The van der Waals surface area contributed by atoms with E-state index in [-0.39, 0.29) is 17.9 Å². The molecule has 2 aliphatic rings. The minimum atomic E-state index is -2.00. The third-order valence-corrected chi connectivity index (χ3v) is 6.26. The van der Waals surface area contributed by atoms with Crippen molar-refractivity contribution in [2.45, 2.75) is 55.3 Å². The van der Waals surface area contributed by atoms with Gasteiger partial charge in [-0.15, -0.1) is 0 Å². The van der Waals surface area contributed by atoms with Gasteiger partial charge in [-0.1, -0.05) is 42.5 Å². The van der Waals surface area contributed by atoms with Crippen LogP contribution in [-0.2, 0) is 25.6 Å². The first kappa shape index (κ1) is 27.4. The lowest BCUT2D eigenvalue weighted by atomic mass is 9.98. The summed E-state index contributed by atoms with van der Waals surface area (Å²) in [6.07, 6.45) is -10.8. The van der Waals surface area contributed by atoms with Crippen molar-refractivity contribution in [2.75, 3.05) is 19.8 Å². The maximum Gasteiger partial charge on any atom is 0.342 e. The first-order valence-corrected chi connectivity index (χ1v) is 11.6. The summed E-state index contributed by atoms with van der Waals surface area (Å²) < 4.78 is 27.7. The number of hydrogen-bond acceptors (Lipinski definition) is 12. The summed E-state index contributed by atoms with van der Waals surface area (Å²) in [5.74, 6) is -0.700. The van der Waals surface area contributed by atoms with Crippen LogP contribution >= 0.6 is 0 Å². The van der Waals surface area contributed by atoms with Crippen LogP contribution in [-0.4, -0.2) is 105 Å². The van der Waals surface area contributed by atoms with E-state index in [0.717, 1.165) is 5.56 Å². The monoisotopic (exact) mass is 522 g/mol. The first-order chi connectivity index (χ1) is 17.8. The molecule has 0 aromatic heterocycles. The Balaban J connectivity index is 1.53. The zero-order chi connectivity index (χ0) is 26.6. The van der Waals surface area contributed by atoms with E-state index in [9.17, 15) is 35.4 Å². The molecule has 2 fully saturated rings. The van der Waals surface area contributed by atoms with E-state index in [4.69, 9.17) is 23.7 Å². The highest BCUT2D eigenvalue weighted by atomic mass is 16.8. The lowest BCUT2D eigenvalue weighted by Gasteiger charge is -2.42. The number of benzene rings is 2. The average molecular weight is 523 g/mol. The molecule has 0 saturated carbocycles. The molecule has 8 atom stereocenters.